The van der Waals surface area contributed by atoms with Crippen molar-refractivity contribution in [3.05, 3.63) is 33.9 Å². The lowest BCUT2D eigenvalue weighted by atomic mass is 10.1. The van der Waals surface area contributed by atoms with Crippen LogP contribution in [0.25, 0.3) is 11.4 Å². The molecule has 100 valence electrons. The molecule has 1 aromatic heterocycles. The normalized spacial score (nSPS) is 10.5. The van der Waals surface area contributed by atoms with Crippen LogP contribution in [0.4, 0.5) is 4.39 Å². The smallest absolute Gasteiger partial charge is 0.397 e. The van der Waals surface area contributed by atoms with Crippen LogP contribution in [-0.2, 0) is 4.74 Å². The average molecular weight is 329 g/mol. The van der Waals surface area contributed by atoms with Gasteiger partial charge in [-0.15, -0.1) is 0 Å². The monoisotopic (exact) mass is 328 g/mol. The number of carbonyl (C=O) groups is 1. The Morgan fingerprint density at radius 1 is 1.53 bits per heavy atom. The van der Waals surface area contributed by atoms with Crippen LogP contribution in [0.15, 0.2) is 21.1 Å². The fraction of sp³-hybridized carbons (Fsp3) is 0.250. The summed E-state index contributed by atoms with van der Waals surface area (Å²) in [4.78, 5) is 15.4. The first kappa shape index (κ1) is 13.7. The van der Waals surface area contributed by atoms with Gasteiger partial charge in [0.25, 0.3) is 0 Å². The van der Waals surface area contributed by atoms with Gasteiger partial charge in [0.1, 0.15) is 5.82 Å². The van der Waals surface area contributed by atoms with E-state index in [0.29, 0.717) is 15.6 Å². The lowest BCUT2D eigenvalue weighted by Crippen LogP contribution is -2.04. The summed E-state index contributed by atoms with van der Waals surface area (Å²) < 4.78 is 23.2. The molecule has 0 atom stereocenters. The summed E-state index contributed by atoms with van der Waals surface area (Å²) in [6.45, 7) is 3.61. The molecule has 2 rings (SSSR count). The summed E-state index contributed by atoms with van der Waals surface area (Å²) in [5.74, 6) is -1.08. The Labute approximate surface area is 116 Å². The van der Waals surface area contributed by atoms with Crippen molar-refractivity contribution < 1.29 is 18.4 Å². The second-order valence-corrected chi connectivity index (χ2v) is 4.58. The fourth-order valence-electron chi connectivity index (χ4n) is 1.59. The molecule has 1 heterocycles. The standard InChI is InChI=1S/C12H10BrFN2O3/c1-3-18-12(17)11-15-10(16-19-11)9-6(2)4-7(14)5-8(9)13/h4-5H,3H2,1-2H3. The predicted octanol–water partition coefficient (Wildman–Crippen LogP) is 3.12. The molecular formula is C12H10BrFN2O3. The molecule has 0 saturated heterocycles. The Morgan fingerprint density at radius 3 is 2.89 bits per heavy atom. The van der Waals surface area contributed by atoms with E-state index < -0.39 is 5.97 Å². The zero-order valence-electron chi connectivity index (χ0n) is 10.2. The number of hydrogen-bond acceptors (Lipinski definition) is 5. The molecule has 5 nitrogen and oxygen atoms in total. The fourth-order valence-corrected chi connectivity index (χ4v) is 2.29. The largest absolute Gasteiger partial charge is 0.459 e. The van der Waals surface area contributed by atoms with Crippen LogP contribution in [0.3, 0.4) is 0 Å². The number of nitrogens with zero attached hydrogens (tertiary/aromatic N) is 2. The summed E-state index contributed by atoms with van der Waals surface area (Å²) in [6, 6.07) is 2.64. The number of ether oxygens (including phenoxy) is 1. The van der Waals surface area contributed by atoms with Crippen LogP contribution >= 0.6 is 15.9 Å². The molecule has 0 saturated carbocycles. The Bertz CT molecular complexity index is 604. The Morgan fingerprint density at radius 2 is 2.26 bits per heavy atom. The van der Waals surface area contributed by atoms with E-state index in [2.05, 4.69) is 26.1 Å². The number of halogens is 2. The van der Waals surface area contributed by atoms with E-state index in [9.17, 15) is 9.18 Å². The van der Waals surface area contributed by atoms with Gasteiger partial charge in [0.2, 0.25) is 5.82 Å². The second-order valence-electron chi connectivity index (χ2n) is 3.72. The van der Waals surface area contributed by atoms with Crippen LogP contribution in [0.5, 0.6) is 0 Å². The van der Waals surface area contributed by atoms with Crippen LogP contribution in [0.2, 0.25) is 0 Å². The summed E-state index contributed by atoms with van der Waals surface area (Å²) in [6.07, 6.45) is 0. The lowest BCUT2D eigenvalue weighted by Gasteiger charge is -2.03. The first-order valence-electron chi connectivity index (χ1n) is 5.49. The first-order valence-corrected chi connectivity index (χ1v) is 6.29. The minimum Gasteiger partial charge on any atom is -0.459 e. The highest BCUT2D eigenvalue weighted by Gasteiger charge is 2.20. The summed E-state index contributed by atoms with van der Waals surface area (Å²) in [5.41, 5.74) is 1.20. The SMILES string of the molecule is CCOC(=O)c1nc(-c2c(C)cc(F)cc2Br)no1. The number of aromatic nitrogens is 2. The highest BCUT2D eigenvalue weighted by Crippen LogP contribution is 2.30. The maximum absolute atomic E-state index is 13.2. The van der Waals surface area contributed by atoms with Crippen LogP contribution in [0, 0.1) is 12.7 Å². The third-order valence-electron chi connectivity index (χ3n) is 2.35. The van der Waals surface area contributed by atoms with Crippen LogP contribution in [0.1, 0.15) is 23.2 Å². The van der Waals surface area contributed by atoms with E-state index >= 15 is 0 Å². The number of hydrogen-bond donors (Lipinski definition) is 0. The molecule has 0 radical (unpaired) electrons. The van der Waals surface area contributed by atoms with Crippen molar-refractivity contribution in [2.75, 3.05) is 6.61 Å². The number of esters is 1. The van der Waals surface area contributed by atoms with E-state index in [1.165, 1.54) is 12.1 Å². The third-order valence-corrected chi connectivity index (χ3v) is 2.98. The molecular weight excluding hydrogens is 319 g/mol. The lowest BCUT2D eigenvalue weighted by molar-refractivity contribution is 0.0470. The highest BCUT2D eigenvalue weighted by atomic mass is 79.9. The molecule has 0 amide bonds. The maximum atomic E-state index is 13.2. The highest BCUT2D eigenvalue weighted by molar-refractivity contribution is 9.10. The van der Waals surface area contributed by atoms with Crippen molar-refractivity contribution in [3.8, 4) is 11.4 Å². The maximum Gasteiger partial charge on any atom is 0.397 e. The molecule has 0 spiro atoms. The van der Waals surface area contributed by atoms with Gasteiger partial charge in [-0.3, -0.25) is 0 Å². The van der Waals surface area contributed by atoms with Gasteiger partial charge >= 0.3 is 11.9 Å². The van der Waals surface area contributed by atoms with Gasteiger partial charge in [0.15, 0.2) is 0 Å². The Hall–Kier alpha value is -1.76. The van der Waals surface area contributed by atoms with Crippen molar-refractivity contribution in [1.82, 2.24) is 10.1 Å². The zero-order chi connectivity index (χ0) is 14.0. The number of carbonyl (C=O) groups excluding carboxylic acids is 1. The minimum absolute atomic E-state index is 0.201. The van der Waals surface area contributed by atoms with Crippen molar-refractivity contribution in [2.24, 2.45) is 0 Å². The summed E-state index contributed by atoms with van der Waals surface area (Å²) >= 11 is 3.23. The van der Waals surface area contributed by atoms with Gasteiger partial charge in [0.05, 0.1) is 6.61 Å². The second kappa shape index (κ2) is 5.48. The van der Waals surface area contributed by atoms with Gasteiger partial charge in [-0.25, -0.2) is 9.18 Å². The van der Waals surface area contributed by atoms with Gasteiger partial charge in [0, 0.05) is 10.0 Å². The Balaban J connectivity index is 2.41. The van der Waals surface area contributed by atoms with Gasteiger partial charge in [-0.2, -0.15) is 4.98 Å². The molecule has 0 bridgehead atoms. The van der Waals surface area contributed by atoms with Gasteiger partial charge in [-0.05, 0) is 47.5 Å². The van der Waals surface area contributed by atoms with Gasteiger partial charge in [-0.1, -0.05) is 5.16 Å². The molecule has 2 aromatic rings. The van der Waals surface area contributed by atoms with E-state index in [4.69, 9.17) is 9.26 Å². The summed E-state index contributed by atoms with van der Waals surface area (Å²) in [7, 11) is 0. The molecule has 0 fully saturated rings. The van der Waals surface area contributed by atoms with E-state index in [1.807, 2.05) is 0 Å². The molecule has 0 aliphatic carbocycles. The molecule has 19 heavy (non-hydrogen) atoms. The molecule has 1 aromatic carbocycles. The molecule has 0 N–H and O–H groups in total. The van der Waals surface area contributed by atoms with Crippen LogP contribution in [-0.4, -0.2) is 22.7 Å². The van der Waals surface area contributed by atoms with Crippen molar-refractivity contribution in [2.45, 2.75) is 13.8 Å². The van der Waals surface area contributed by atoms with E-state index in [-0.39, 0.29) is 24.1 Å². The Kier molecular flexibility index (Phi) is 3.94. The van der Waals surface area contributed by atoms with E-state index in [1.54, 1.807) is 13.8 Å². The number of rotatable bonds is 3. The van der Waals surface area contributed by atoms with Crippen molar-refractivity contribution in [3.63, 3.8) is 0 Å². The number of benzene rings is 1. The third kappa shape index (κ3) is 2.81. The average Bonchev–Trinajstić information content (AvgIpc) is 2.77. The van der Waals surface area contributed by atoms with Gasteiger partial charge < -0.3 is 9.26 Å². The van der Waals surface area contributed by atoms with Crippen molar-refractivity contribution in [1.29, 1.82) is 0 Å². The molecule has 0 aliphatic heterocycles. The number of aryl methyl sites for hydroxylation is 1. The zero-order valence-corrected chi connectivity index (χ0v) is 11.8. The first-order chi connectivity index (χ1) is 9.02. The predicted molar refractivity (Wildman–Crippen MR) is 68.1 cm³/mol. The minimum atomic E-state index is -0.683. The quantitative estimate of drug-likeness (QED) is 0.810. The van der Waals surface area contributed by atoms with Crippen molar-refractivity contribution >= 4 is 21.9 Å². The topological polar surface area (TPSA) is 65.2 Å². The molecule has 7 heteroatoms. The molecule has 0 unspecified atom stereocenters. The van der Waals surface area contributed by atoms with E-state index in [0.717, 1.165) is 0 Å². The summed E-state index contributed by atoms with van der Waals surface area (Å²) in [5, 5.41) is 3.70. The van der Waals surface area contributed by atoms with Crippen LogP contribution < -0.4 is 0 Å². The molecule has 0 aliphatic rings.